The van der Waals surface area contributed by atoms with Gasteiger partial charge in [0.1, 0.15) is 0 Å². The Balaban J connectivity index is 1.89. The SMILES string of the molecule is CN=C(NCc1csc(N(C)C)n1)N1CCCC1. The van der Waals surface area contributed by atoms with Crippen LogP contribution in [0.4, 0.5) is 5.13 Å². The van der Waals surface area contributed by atoms with Crippen LogP contribution in [0, 0.1) is 0 Å². The molecule has 0 bridgehead atoms. The lowest BCUT2D eigenvalue weighted by molar-refractivity contribution is 0.493. The molecule has 1 saturated heterocycles. The lowest BCUT2D eigenvalue weighted by Gasteiger charge is -2.20. The molecule has 2 heterocycles. The maximum Gasteiger partial charge on any atom is 0.193 e. The zero-order valence-electron chi connectivity index (χ0n) is 11.3. The average molecular weight is 267 g/mol. The number of aromatic nitrogens is 1. The molecule has 6 heteroatoms. The third kappa shape index (κ3) is 3.13. The largest absolute Gasteiger partial charge is 0.354 e. The normalized spacial score (nSPS) is 16.2. The van der Waals surface area contributed by atoms with Crippen molar-refractivity contribution in [2.45, 2.75) is 19.4 Å². The van der Waals surface area contributed by atoms with Gasteiger partial charge in [0.15, 0.2) is 11.1 Å². The molecule has 1 fully saturated rings. The van der Waals surface area contributed by atoms with Gasteiger partial charge in [0.2, 0.25) is 0 Å². The van der Waals surface area contributed by atoms with Gasteiger partial charge < -0.3 is 15.1 Å². The van der Waals surface area contributed by atoms with Crippen molar-refractivity contribution in [3.05, 3.63) is 11.1 Å². The molecular weight excluding hydrogens is 246 g/mol. The average Bonchev–Trinajstić information content (AvgIpc) is 3.00. The van der Waals surface area contributed by atoms with E-state index in [4.69, 9.17) is 0 Å². The third-order valence-corrected chi connectivity index (χ3v) is 4.02. The first-order chi connectivity index (χ1) is 8.70. The molecule has 0 radical (unpaired) electrons. The topological polar surface area (TPSA) is 43.8 Å². The number of thiazole rings is 1. The fourth-order valence-corrected chi connectivity index (χ4v) is 2.77. The molecule has 1 aliphatic heterocycles. The molecule has 0 spiro atoms. The standard InChI is InChI=1S/C12H21N5S/c1-13-11(17-6-4-5-7-17)14-8-10-9-18-12(15-10)16(2)3/h9H,4-8H2,1-3H3,(H,13,14). The summed E-state index contributed by atoms with van der Waals surface area (Å²) in [4.78, 5) is 13.2. The predicted octanol–water partition coefficient (Wildman–Crippen LogP) is 1.38. The van der Waals surface area contributed by atoms with Crippen molar-refractivity contribution in [2.75, 3.05) is 39.1 Å². The van der Waals surface area contributed by atoms with E-state index < -0.39 is 0 Å². The molecule has 1 aromatic rings. The molecule has 1 N–H and O–H groups in total. The molecule has 0 aliphatic carbocycles. The van der Waals surface area contributed by atoms with E-state index in [2.05, 4.69) is 25.6 Å². The molecule has 0 saturated carbocycles. The molecular formula is C12H21N5S. The molecule has 18 heavy (non-hydrogen) atoms. The quantitative estimate of drug-likeness (QED) is 0.664. The Morgan fingerprint density at radius 2 is 2.22 bits per heavy atom. The summed E-state index contributed by atoms with van der Waals surface area (Å²) in [5.74, 6) is 0.993. The summed E-state index contributed by atoms with van der Waals surface area (Å²) in [6, 6.07) is 0. The van der Waals surface area contributed by atoms with Crippen LogP contribution in [0.25, 0.3) is 0 Å². The van der Waals surface area contributed by atoms with Crippen LogP contribution in [0.2, 0.25) is 0 Å². The summed E-state index contributed by atoms with van der Waals surface area (Å²) in [5, 5.41) is 6.52. The molecule has 5 nitrogen and oxygen atoms in total. The van der Waals surface area contributed by atoms with Gasteiger partial charge in [0.05, 0.1) is 12.2 Å². The second-order valence-electron chi connectivity index (χ2n) is 4.61. The number of hydrogen-bond acceptors (Lipinski definition) is 4. The van der Waals surface area contributed by atoms with Crippen molar-refractivity contribution in [2.24, 2.45) is 4.99 Å². The minimum atomic E-state index is 0.744. The van der Waals surface area contributed by atoms with Crippen LogP contribution in [0.5, 0.6) is 0 Å². The number of likely N-dealkylation sites (tertiary alicyclic amines) is 1. The molecule has 0 amide bonds. The minimum absolute atomic E-state index is 0.744. The second kappa shape index (κ2) is 6.04. The highest BCUT2D eigenvalue weighted by Gasteiger charge is 2.15. The highest BCUT2D eigenvalue weighted by molar-refractivity contribution is 7.13. The van der Waals surface area contributed by atoms with E-state index in [1.165, 1.54) is 12.8 Å². The zero-order chi connectivity index (χ0) is 13.0. The minimum Gasteiger partial charge on any atom is -0.354 e. The monoisotopic (exact) mass is 267 g/mol. The van der Waals surface area contributed by atoms with Gasteiger partial charge in [-0.2, -0.15) is 0 Å². The van der Waals surface area contributed by atoms with E-state index >= 15 is 0 Å². The number of rotatable bonds is 3. The summed E-state index contributed by atoms with van der Waals surface area (Å²) in [6.45, 7) is 2.97. The predicted molar refractivity (Wildman–Crippen MR) is 77.4 cm³/mol. The van der Waals surface area contributed by atoms with Crippen LogP contribution >= 0.6 is 11.3 Å². The van der Waals surface area contributed by atoms with Crippen LogP contribution in [-0.4, -0.2) is 50.1 Å². The summed E-state index contributed by atoms with van der Waals surface area (Å²) >= 11 is 1.67. The van der Waals surface area contributed by atoms with Crippen LogP contribution in [0.3, 0.4) is 0 Å². The Morgan fingerprint density at radius 3 is 2.78 bits per heavy atom. The number of nitrogens with one attached hydrogen (secondary N) is 1. The molecule has 0 unspecified atom stereocenters. The maximum atomic E-state index is 4.55. The highest BCUT2D eigenvalue weighted by Crippen LogP contribution is 2.17. The highest BCUT2D eigenvalue weighted by atomic mass is 32.1. The van der Waals surface area contributed by atoms with E-state index in [9.17, 15) is 0 Å². The van der Waals surface area contributed by atoms with Crippen molar-refractivity contribution in [3.63, 3.8) is 0 Å². The Hall–Kier alpha value is -1.30. The lowest BCUT2D eigenvalue weighted by atomic mass is 10.4. The Labute approximate surface area is 113 Å². The summed E-state index contributed by atoms with van der Waals surface area (Å²) < 4.78 is 0. The van der Waals surface area contributed by atoms with Crippen molar-refractivity contribution in [1.82, 2.24) is 15.2 Å². The molecule has 1 aliphatic rings. The zero-order valence-corrected chi connectivity index (χ0v) is 12.1. The fourth-order valence-electron chi connectivity index (χ4n) is 2.01. The van der Waals surface area contributed by atoms with Gasteiger partial charge in [-0.1, -0.05) is 0 Å². The fraction of sp³-hybridized carbons (Fsp3) is 0.667. The van der Waals surface area contributed by atoms with Crippen molar-refractivity contribution >= 4 is 22.4 Å². The number of anilines is 1. The number of aliphatic imine (C=N–C) groups is 1. The Bertz CT molecular complexity index is 406. The van der Waals surface area contributed by atoms with Crippen molar-refractivity contribution in [1.29, 1.82) is 0 Å². The Kier molecular flexibility index (Phi) is 4.41. The van der Waals surface area contributed by atoms with Gasteiger partial charge in [0.25, 0.3) is 0 Å². The number of hydrogen-bond donors (Lipinski definition) is 1. The second-order valence-corrected chi connectivity index (χ2v) is 5.45. The maximum absolute atomic E-state index is 4.55. The summed E-state index contributed by atoms with van der Waals surface area (Å²) in [5.41, 5.74) is 1.07. The first kappa shape index (κ1) is 13.1. The molecule has 0 aromatic carbocycles. The van der Waals surface area contributed by atoms with Crippen LogP contribution in [-0.2, 0) is 6.54 Å². The van der Waals surface area contributed by atoms with Crippen LogP contribution in [0.15, 0.2) is 10.4 Å². The van der Waals surface area contributed by atoms with Gasteiger partial charge >= 0.3 is 0 Å². The van der Waals surface area contributed by atoms with Gasteiger partial charge in [0, 0.05) is 39.6 Å². The molecule has 2 rings (SSSR count). The summed E-state index contributed by atoms with van der Waals surface area (Å²) in [7, 11) is 5.87. The molecule has 100 valence electrons. The van der Waals surface area contributed by atoms with Gasteiger partial charge in [-0.15, -0.1) is 11.3 Å². The third-order valence-electron chi connectivity index (χ3n) is 2.97. The van der Waals surface area contributed by atoms with Gasteiger partial charge in [-0.25, -0.2) is 4.98 Å². The molecule has 1 aromatic heterocycles. The first-order valence-corrected chi connectivity index (χ1v) is 7.16. The van der Waals surface area contributed by atoms with E-state index in [0.717, 1.165) is 36.4 Å². The van der Waals surface area contributed by atoms with E-state index in [1.54, 1.807) is 11.3 Å². The van der Waals surface area contributed by atoms with Crippen molar-refractivity contribution in [3.8, 4) is 0 Å². The Morgan fingerprint density at radius 1 is 1.50 bits per heavy atom. The van der Waals surface area contributed by atoms with Gasteiger partial charge in [-0.05, 0) is 12.8 Å². The van der Waals surface area contributed by atoms with E-state index in [1.807, 2.05) is 26.0 Å². The molecule has 0 atom stereocenters. The number of guanidine groups is 1. The first-order valence-electron chi connectivity index (χ1n) is 6.28. The van der Waals surface area contributed by atoms with Crippen LogP contribution < -0.4 is 10.2 Å². The van der Waals surface area contributed by atoms with E-state index in [-0.39, 0.29) is 0 Å². The van der Waals surface area contributed by atoms with Crippen LogP contribution in [0.1, 0.15) is 18.5 Å². The number of nitrogens with zero attached hydrogens (tertiary/aromatic N) is 4. The summed E-state index contributed by atoms with van der Waals surface area (Å²) in [6.07, 6.45) is 2.53. The smallest absolute Gasteiger partial charge is 0.193 e. The van der Waals surface area contributed by atoms with Crippen molar-refractivity contribution < 1.29 is 0 Å². The van der Waals surface area contributed by atoms with E-state index in [0.29, 0.717) is 0 Å². The van der Waals surface area contributed by atoms with Gasteiger partial charge in [-0.3, -0.25) is 4.99 Å². The lowest BCUT2D eigenvalue weighted by Crippen LogP contribution is -2.39.